The van der Waals surface area contributed by atoms with Crippen LogP contribution in [-0.4, -0.2) is 61.9 Å². The van der Waals surface area contributed by atoms with Crippen LogP contribution in [0.15, 0.2) is 54.6 Å². The normalized spacial score (nSPS) is 11.4. The van der Waals surface area contributed by atoms with Crippen molar-refractivity contribution in [2.75, 3.05) is 32.6 Å². The summed E-state index contributed by atoms with van der Waals surface area (Å²) in [5.41, 5.74) is 2.46. The molecule has 2 aromatic rings. The van der Waals surface area contributed by atoms with Gasteiger partial charge in [0, 0.05) is 18.8 Å². The van der Waals surface area contributed by atoms with Crippen LogP contribution in [0.2, 0.25) is 0 Å². The lowest BCUT2D eigenvalue weighted by molar-refractivity contribution is -0.153. The number of hydrogen-bond donors (Lipinski definition) is 2. The smallest absolute Gasteiger partial charge is 0.328 e. The van der Waals surface area contributed by atoms with Crippen LogP contribution in [0, 0.1) is 6.92 Å². The number of hydrogen-bond acceptors (Lipinski definition) is 6. The Kier molecular flexibility index (Phi) is 9.82. The third-order valence-electron chi connectivity index (χ3n) is 4.74. The number of esters is 1. The van der Waals surface area contributed by atoms with Gasteiger partial charge in [-0.2, -0.15) is 0 Å². The van der Waals surface area contributed by atoms with Crippen LogP contribution < -0.4 is 15.4 Å². The Balaban J connectivity index is 1.73. The van der Waals surface area contributed by atoms with Gasteiger partial charge >= 0.3 is 5.97 Å². The number of carbonyl (C=O) groups is 4. The molecule has 180 valence electrons. The van der Waals surface area contributed by atoms with E-state index in [1.165, 1.54) is 20.0 Å². The van der Waals surface area contributed by atoms with Gasteiger partial charge in [-0.15, -0.1) is 0 Å². The van der Waals surface area contributed by atoms with Crippen LogP contribution in [0.5, 0.6) is 5.75 Å². The monoisotopic (exact) mass is 467 g/mol. The first-order valence-corrected chi connectivity index (χ1v) is 10.6. The largest absolute Gasteiger partial charge is 0.497 e. The topological polar surface area (TPSA) is 114 Å². The van der Waals surface area contributed by atoms with E-state index in [-0.39, 0.29) is 12.5 Å². The van der Waals surface area contributed by atoms with Gasteiger partial charge in [-0.25, -0.2) is 4.79 Å². The summed E-state index contributed by atoms with van der Waals surface area (Å²) in [6.45, 7) is 2.64. The van der Waals surface area contributed by atoms with Crippen molar-refractivity contribution in [1.29, 1.82) is 0 Å². The maximum atomic E-state index is 12.2. The predicted octanol–water partition coefficient (Wildman–Crippen LogP) is 2.16. The average molecular weight is 468 g/mol. The standard InChI is InChI=1S/C25H29N3O6/c1-17-5-10-20(11-6-17)27-23(30)15-28(3)24(31)16-34-25(32)18(2)26-22(29)14-9-19-7-12-21(33-4)13-8-19/h5-14,18H,15-16H2,1-4H3,(H,26,29)(H,27,30). The zero-order valence-electron chi connectivity index (χ0n) is 19.7. The number of rotatable bonds is 10. The molecule has 0 radical (unpaired) electrons. The summed E-state index contributed by atoms with van der Waals surface area (Å²) in [6.07, 6.45) is 2.88. The zero-order chi connectivity index (χ0) is 25.1. The summed E-state index contributed by atoms with van der Waals surface area (Å²) in [6, 6.07) is 13.4. The molecule has 34 heavy (non-hydrogen) atoms. The first-order chi connectivity index (χ1) is 16.2. The molecule has 0 aliphatic carbocycles. The highest BCUT2D eigenvalue weighted by atomic mass is 16.5. The van der Waals surface area contributed by atoms with Crippen molar-refractivity contribution in [3.8, 4) is 5.75 Å². The Morgan fingerprint density at radius 1 is 1.03 bits per heavy atom. The van der Waals surface area contributed by atoms with Crippen LogP contribution in [0.1, 0.15) is 18.1 Å². The fourth-order valence-corrected chi connectivity index (χ4v) is 2.72. The molecule has 0 fully saturated rings. The Bertz CT molecular complexity index is 1030. The highest BCUT2D eigenvalue weighted by molar-refractivity contribution is 5.96. The van der Waals surface area contributed by atoms with Crippen LogP contribution in [-0.2, 0) is 23.9 Å². The van der Waals surface area contributed by atoms with E-state index < -0.39 is 30.4 Å². The molecule has 0 aliphatic rings. The molecule has 0 heterocycles. The zero-order valence-corrected chi connectivity index (χ0v) is 19.7. The molecule has 0 spiro atoms. The van der Waals surface area contributed by atoms with Gasteiger partial charge in [-0.1, -0.05) is 29.8 Å². The number of amides is 3. The lowest BCUT2D eigenvalue weighted by atomic mass is 10.2. The minimum atomic E-state index is -0.962. The second-order valence-electron chi connectivity index (χ2n) is 7.61. The molecule has 3 amide bonds. The number of benzene rings is 2. The van der Waals surface area contributed by atoms with Crippen LogP contribution in [0.25, 0.3) is 6.08 Å². The third kappa shape index (κ3) is 8.78. The molecule has 0 saturated heterocycles. The van der Waals surface area contributed by atoms with Gasteiger partial charge in [0.15, 0.2) is 6.61 Å². The van der Waals surface area contributed by atoms with Crippen molar-refractivity contribution in [3.63, 3.8) is 0 Å². The van der Waals surface area contributed by atoms with Crippen LogP contribution in [0.3, 0.4) is 0 Å². The number of ether oxygens (including phenoxy) is 2. The molecule has 1 unspecified atom stereocenters. The summed E-state index contributed by atoms with van der Waals surface area (Å²) in [7, 11) is 2.99. The first kappa shape index (κ1) is 26.1. The summed E-state index contributed by atoms with van der Waals surface area (Å²) < 4.78 is 10.0. The van der Waals surface area contributed by atoms with Crippen molar-refractivity contribution in [2.45, 2.75) is 19.9 Å². The molecule has 0 bridgehead atoms. The van der Waals surface area contributed by atoms with Crippen molar-refractivity contribution in [1.82, 2.24) is 10.2 Å². The molecule has 9 nitrogen and oxygen atoms in total. The summed E-state index contributed by atoms with van der Waals surface area (Å²) in [5, 5.41) is 5.16. The Morgan fingerprint density at radius 3 is 2.29 bits per heavy atom. The molecule has 2 aromatic carbocycles. The van der Waals surface area contributed by atoms with E-state index in [1.54, 1.807) is 49.6 Å². The average Bonchev–Trinajstić information content (AvgIpc) is 2.82. The van der Waals surface area contributed by atoms with Crippen molar-refractivity contribution < 1.29 is 28.7 Å². The number of likely N-dealkylation sites (N-methyl/N-ethyl adjacent to an activating group) is 1. The third-order valence-corrected chi connectivity index (χ3v) is 4.74. The van der Waals surface area contributed by atoms with Gasteiger partial charge in [-0.3, -0.25) is 14.4 Å². The summed E-state index contributed by atoms with van der Waals surface area (Å²) in [4.78, 5) is 49.6. The summed E-state index contributed by atoms with van der Waals surface area (Å²) in [5.74, 6) is -1.49. The number of aryl methyl sites for hydroxylation is 1. The molecular formula is C25H29N3O6. The second kappa shape index (κ2) is 12.8. The quantitative estimate of drug-likeness (QED) is 0.409. The van der Waals surface area contributed by atoms with E-state index in [9.17, 15) is 19.2 Å². The molecule has 9 heteroatoms. The van der Waals surface area contributed by atoms with E-state index in [0.29, 0.717) is 11.4 Å². The minimum Gasteiger partial charge on any atom is -0.497 e. The number of anilines is 1. The molecular weight excluding hydrogens is 438 g/mol. The maximum Gasteiger partial charge on any atom is 0.328 e. The number of carbonyl (C=O) groups excluding carboxylic acids is 4. The van der Waals surface area contributed by atoms with Gasteiger partial charge in [-0.05, 0) is 49.8 Å². The first-order valence-electron chi connectivity index (χ1n) is 10.6. The molecule has 2 rings (SSSR count). The fraction of sp³-hybridized carbons (Fsp3) is 0.280. The number of nitrogens with one attached hydrogen (secondary N) is 2. The van der Waals surface area contributed by atoms with Crippen molar-refractivity contribution in [2.24, 2.45) is 0 Å². The lowest BCUT2D eigenvalue weighted by Gasteiger charge is -2.18. The Labute approximate surface area is 198 Å². The van der Waals surface area contributed by atoms with Gasteiger partial charge in [0.1, 0.15) is 11.8 Å². The number of methoxy groups -OCH3 is 1. The molecule has 0 saturated carbocycles. The van der Waals surface area contributed by atoms with E-state index in [2.05, 4.69) is 10.6 Å². The highest BCUT2D eigenvalue weighted by Crippen LogP contribution is 2.12. The SMILES string of the molecule is COc1ccc(C=CC(=O)NC(C)C(=O)OCC(=O)N(C)CC(=O)Nc2ccc(C)cc2)cc1. The predicted molar refractivity (Wildman–Crippen MR) is 128 cm³/mol. The maximum absolute atomic E-state index is 12.2. The van der Waals surface area contributed by atoms with Gasteiger partial charge in [0.05, 0.1) is 13.7 Å². The fourth-order valence-electron chi connectivity index (χ4n) is 2.72. The van der Waals surface area contributed by atoms with Crippen LogP contribution >= 0.6 is 0 Å². The van der Waals surface area contributed by atoms with Gasteiger partial charge < -0.3 is 25.0 Å². The van der Waals surface area contributed by atoms with E-state index >= 15 is 0 Å². The van der Waals surface area contributed by atoms with E-state index in [1.807, 2.05) is 19.1 Å². The molecule has 0 aromatic heterocycles. The highest BCUT2D eigenvalue weighted by Gasteiger charge is 2.19. The molecule has 1 atom stereocenters. The van der Waals surface area contributed by atoms with E-state index in [0.717, 1.165) is 16.0 Å². The summed E-state index contributed by atoms with van der Waals surface area (Å²) >= 11 is 0. The van der Waals surface area contributed by atoms with E-state index in [4.69, 9.17) is 9.47 Å². The van der Waals surface area contributed by atoms with Gasteiger partial charge in [0.2, 0.25) is 11.8 Å². The second-order valence-corrected chi connectivity index (χ2v) is 7.61. The Morgan fingerprint density at radius 2 is 1.68 bits per heavy atom. The molecule has 0 aliphatic heterocycles. The Hall–Kier alpha value is -4.14. The minimum absolute atomic E-state index is 0.202. The van der Waals surface area contributed by atoms with Crippen LogP contribution in [0.4, 0.5) is 5.69 Å². The number of nitrogens with zero attached hydrogens (tertiary/aromatic N) is 1. The van der Waals surface area contributed by atoms with Crippen molar-refractivity contribution in [3.05, 3.63) is 65.7 Å². The molecule has 2 N–H and O–H groups in total. The van der Waals surface area contributed by atoms with Gasteiger partial charge in [0.25, 0.3) is 5.91 Å². The van der Waals surface area contributed by atoms with Crippen molar-refractivity contribution >= 4 is 35.5 Å². The lowest BCUT2D eigenvalue weighted by Crippen LogP contribution is -2.41.